The number of nitrogens with zero attached hydrogens (tertiary/aromatic N) is 4. The van der Waals surface area contributed by atoms with Crippen molar-refractivity contribution in [1.82, 2.24) is 25.1 Å². The average molecular weight is 350 g/mol. The molecule has 3 rings (SSSR count). The number of carbonyl (C=O) groups excluding carboxylic acids is 1. The highest BCUT2D eigenvalue weighted by molar-refractivity contribution is 6.29. The van der Waals surface area contributed by atoms with Crippen molar-refractivity contribution in [1.29, 1.82) is 0 Å². The Bertz CT molecular complexity index is 706. The summed E-state index contributed by atoms with van der Waals surface area (Å²) in [6.07, 6.45) is 8.45. The first-order valence-corrected chi connectivity index (χ1v) is 9.07. The van der Waals surface area contributed by atoms with Gasteiger partial charge in [-0.05, 0) is 30.4 Å². The van der Waals surface area contributed by atoms with Crippen LogP contribution in [0, 0.1) is 5.41 Å². The Hall–Kier alpha value is -1.69. The van der Waals surface area contributed by atoms with Crippen LogP contribution in [-0.4, -0.2) is 32.3 Å². The van der Waals surface area contributed by atoms with Crippen molar-refractivity contribution in [2.45, 2.75) is 58.3 Å². The molecule has 1 aliphatic carbocycles. The Balaban J connectivity index is 1.52. The number of aryl methyl sites for hydroxylation is 1. The highest BCUT2D eigenvalue weighted by atomic mass is 35.5. The Morgan fingerprint density at radius 1 is 1.25 bits per heavy atom. The first kappa shape index (κ1) is 17.1. The van der Waals surface area contributed by atoms with E-state index in [1.165, 1.54) is 38.5 Å². The minimum absolute atomic E-state index is 0.0549. The van der Waals surface area contributed by atoms with Crippen molar-refractivity contribution >= 4 is 23.2 Å². The topological polar surface area (TPSA) is 72.2 Å². The second-order valence-electron chi connectivity index (χ2n) is 7.04. The van der Waals surface area contributed by atoms with Crippen LogP contribution in [0.25, 0.3) is 5.65 Å². The van der Waals surface area contributed by atoms with Gasteiger partial charge in [0.2, 0.25) is 5.91 Å². The summed E-state index contributed by atoms with van der Waals surface area (Å²) in [6, 6.07) is 3.44. The zero-order valence-corrected chi connectivity index (χ0v) is 14.8. The molecule has 1 amide bonds. The van der Waals surface area contributed by atoms with Crippen LogP contribution in [0.3, 0.4) is 0 Å². The second kappa shape index (κ2) is 7.47. The smallest absolute Gasteiger partial charge is 0.220 e. The van der Waals surface area contributed by atoms with Crippen molar-refractivity contribution in [3.63, 3.8) is 0 Å². The third kappa shape index (κ3) is 4.23. The summed E-state index contributed by atoms with van der Waals surface area (Å²) in [7, 11) is 0. The minimum atomic E-state index is 0.0549. The maximum absolute atomic E-state index is 12.2. The van der Waals surface area contributed by atoms with E-state index in [-0.39, 0.29) is 11.3 Å². The van der Waals surface area contributed by atoms with Crippen LogP contribution < -0.4 is 5.32 Å². The fraction of sp³-hybridized carbons (Fsp3) is 0.647. The molecule has 130 valence electrons. The SMILES string of the molecule is CC1(CNC(=O)CCc2nnc3ccc(Cl)nn23)CCCCCC1. The average Bonchev–Trinajstić information content (AvgIpc) is 2.83. The molecule has 0 atom stereocenters. The lowest BCUT2D eigenvalue weighted by atomic mass is 9.82. The van der Waals surface area contributed by atoms with Crippen molar-refractivity contribution in [3.8, 4) is 0 Å². The largest absolute Gasteiger partial charge is 0.356 e. The Kier molecular flexibility index (Phi) is 5.33. The molecule has 0 saturated heterocycles. The fourth-order valence-electron chi connectivity index (χ4n) is 3.35. The first-order valence-electron chi connectivity index (χ1n) is 8.69. The molecule has 7 heteroatoms. The van der Waals surface area contributed by atoms with Crippen LogP contribution >= 0.6 is 11.6 Å². The molecular formula is C17H24ClN5O. The molecule has 0 aliphatic heterocycles. The first-order chi connectivity index (χ1) is 11.6. The molecule has 6 nitrogen and oxygen atoms in total. The number of hydrogen-bond acceptors (Lipinski definition) is 4. The summed E-state index contributed by atoms with van der Waals surface area (Å²) in [4.78, 5) is 12.2. The zero-order valence-electron chi connectivity index (χ0n) is 14.1. The van der Waals surface area contributed by atoms with Gasteiger partial charge in [-0.3, -0.25) is 4.79 Å². The van der Waals surface area contributed by atoms with Gasteiger partial charge >= 0.3 is 0 Å². The summed E-state index contributed by atoms with van der Waals surface area (Å²) >= 11 is 5.91. The van der Waals surface area contributed by atoms with E-state index in [0.717, 1.165) is 6.54 Å². The number of aromatic nitrogens is 4. The Morgan fingerprint density at radius 2 is 2.00 bits per heavy atom. The van der Waals surface area contributed by atoms with Crippen LogP contribution in [0.1, 0.15) is 57.7 Å². The molecule has 1 aliphatic rings. The molecule has 1 saturated carbocycles. The monoisotopic (exact) mass is 349 g/mol. The molecule has 2 aromatic heterocycles. The van der Waals surface area contributed by atoms with E-state index in [0.29, 0.717) is 29.5 Å². The van der Waals surface area contributed by atoms with Crippen molar-refractivity contribution in [2.75, 3.05) is 6.54 Å². The van der Waals surface area contributed by atoms with E-state index < -0.39 is 0 Å². The number of hydrogen-bond donors (Lipinski definition) is 1. The predicted molar refractivity (Wildman–Crippen MR) is 92.9 cm³/mol. The van der Waals surface area contributed by atoms with Gasteiger partial charge < -0.3 is 5.32 Å². The summed E-state index contributed by atoms with van der Waals surface area (Å²) in [5.41, 5.74) is 0.878. The number of nitrogens with one attached hydrogen (secondary N) is 1. The van der Waals surface area contributed by atoms with Gasteiger partial charge in [0.1, 0.15) is 5.15 Å². The molecule has 0 unspecified atom stereocenters. The normalized spacial score (nSPS) is 17.6. The molecule has 0 aromatic carbocycles. The van der Waals surface area contributed by atoms with E-state index in [4.69, 9.17) is 11.6 Å². The predicted octanol–water partition coefficient (Wildman–Crippen LogP) is 3.19. The number of rotatable bonds is 5. The standard InChI is InChI=1S/C17H24ClN5O/c1-17(10-4-2-3-5-11-17)12-19-16(24)9-8-15-21-20-14-7-6-13(18)22-23(14)15/h6-7H,2-5,8-12H2,1H3,(H,19,24). The van der Waals surface area contributed by atoms with Gasteiger partial charge in [0, 0.05) is 19.4 Å². The van der Waals surface area contributed by atoms with Gasteiger partial charge in [-0.2, -0.15) is 9.61 Å². The van der Waals surface area contributed by atoms with Gasteiger partial charge in [-0.25, -0.2) is 0 Å². The van der Waals surface area contributed by atoms with Gasteiger partial charge in [0.15, 0.2) is 11.5 Å². The van der Waals surface area contributed by atoms with Crippen LogP contribution in [0.4, 0.5) is 0 Å². The van der Waals surface area contributed by atoms with Crippen LogP contribution in [-0.2, 0) is 11.2 Å². The molecule has 0 spiro atoms. The minimum Gasteiger partial charge on any atom is -0.356 e. The summed E-state index contributed by atoms with van der Waals surface area (Å²) < 4.78 is 1.60. The number of carbonyl (C=O) groups is 1. The summed E-state index contributed by atoms with van der Waals surface area (Å²) in [5.74, 6) is 0.711. The molecular weight excluding hydrogens is 326 g/mol. The lowest BCUT2D eigenvalue weighted by Gasteiger charge is -2.28. The quantitative estimate of drug-likeness (QED) is 0.841. The number of fused-ring (bicyclic) bond motifs is 1. The van der Waals surface area contributed by atoms with Gasteiger partial charge in [-0.15, -0.1) is 10.2 Å². The second-order valence-corrected chi connectivity index (χ2v) is 7.43. The van der Waals surface area contributed by atoms with Gasteiger partial charge in [-0.1, -0.05) is 44.2 Å². The third-order valence-electron chi connectivity index (χ3n) is 4.89. The van der Waals surface area contributed by atoms with E-state index in [1.54, 1.807) is 16.6 Å². The highest BCUT2D eigenvalue weighted by Crippen LogP contribution is 2.33. The maximum Gasteiger partial charge on any atom is 0.220 e. The van der Waals surface area contributed by atoms with Crippen LogP contribution in [0.2, 0.25) is 5.15 Å². The van der Waals surface area contributed by atoms with Gasteiger partial charge in [0.05, 0.1) is 0 Å². The van der Waals surface area contributed by atoms with Crippen molar-refractivity contribution in [2.24, 2.45) is 5.41 Å². The Morgan fingerprint density at radius 3 is 2.75 bits per heavy atom. The van der Waals surface area contributed by atoms with Crippen LogP contribution in [0.15, 0.2) is 12.1 Å². The molecule has 1 N–H and O–H groups in total. The number of amides is 1. The van der Waals surface area contributed by atoms with Crippen LogP contribution in [0.5, 0.6) is 0 Å². The van der Waals surface area contributed by atoms with Gasteiger partial charge in [0.25, 0.3) is 0 Å². The van der Waals surface area contributed by atoms with E-state index >= 15 is 0 Å². The third-order valence-corrected chi connectivity index (χ3v) is 5.10. The molecule has 2 aromatic rings. The number of halogens is 1. The maximum atomic E-state index is 12.2. The molecule has 1 fully saturated rings. The molecule has 0 bridgehead atoms. The highest BCUT2D eigenvalue weighted by Gasteiger charge is 2.26. The van der Waals surface area contributed by atoms with E-state index in [9.17, 15) is 4.79 Å². The lowest BCUT2D eigenvalue weighted by Crippen LogP contribution is -2.35. The zero-order chi connectivity index (χ0) is 17.0. The summed E-state index contributed by atoms with van der Waals surface area (Å²) in [5, 5.41) is 15.8. The Labute approximate surface area is 147 Å². The molecule has 0 radical (unpaired) electrons. The fourth-order valence-corrected chi connectivity index (χ4v) is 3.49. The van der Waals surface area contributed by atoms with E-state index in [2.05, 4.69) is 27.5 Å². The summed E-state index contributed by atoms with van der Waals surface area (Å²) in [6.45, 7) is 3.05. The van der Waals surface area contributed by atoms with E-state index in [1.807, 2.05) is 0 Å². The van der Waals surface area contributed by atoms with Crippen molar-refractivity contribution in [3.05, 3.63) is 23.1 Å². The molecule has 24 heavy (non-hydrogen) atoms. The molecule has 2 heterocycles. The lowest BCUT2D eigenvalue weighted by molar-refractivity contribution is -0.121. The van der Waals surface area contributed by atoms with Crippen molar-refractivity contribution < 1.29 is 4.79 Å².